The van der Waals surface area contributed by atoms with Gasteiger partial charge in [-0.15, -0.1) is 0 Å². The molecular weight excluding hydrogens is 355 g/mol. The molecule has 0 saturated heterocycles. The van der Waals surface area contributed by atoms with Crippen molar-refractivity contribution in [1.82, 2.24) is 9.78 Å². The van der Waals surface area contributed by atoms with Gasteiger partial charge in [-0.2, -0.15) is 5.10 Å². The minimum atomic E-state index is -2.80. The Morgan fingerprint density at radius 1 is 1.22 bits per heavy atom. The van der Waals surface area contributed by atoms with Gasteiger partial charge in [0.25, 0.3) is 12.3 Å². The third kappa shape index (κ3) is 4.51. The van der Waals surface area contributed by atoms with Crippen LogP contribution in [-0.2, 0) is 0 Å². The van der Waals surface area contributed by atoms with Crippen molar-refractivity contribution in [3.8, 4) is 0 Å². The minimum Gasteiger partial charge on any atom is -0.319 e. The lowest BCUT2D eigenvalue weighted by Crippen LogP contribution is -2.21. The van der Waals surface area contributed by atoms with Gasteiger partial charge in [-0.25, -0.2) is 13.2 Å². The topological polar surface area (TPSA) is 46.9 Å². The first-order valence-electron chi connectivity index (χ1n) is 9.29. The van der Waals surface area contributed by atoms with Crippen LogP contribution in [0.15, 0.2) is 30.5 Å². The molecule has 4 nitrogen and oxygen atoms in total. The number of amides is 1. The first-order valence-corrected chi connectivity index (χ1v) is 9.29. The molecule has 0 atom stereocenters. The molecule has 1 aliphatic carbocycles. The zero-order chi connectivity index (χ0) is 19.6. The lowest BCUT2D eigenvalue weighted by molar-refractivity contribution is 0.102. The summed E-state index contributed by atoms with van der Waals surface area (Å²) in [6.07, 6.45) is 2.50. The van der Waals surface area contributed by atoms with E-state index >= 15 is 0 Å². The fourth-order valence-corrected chi connectivity index (χ4v) is 3.71. The maximum atomic E-state index is 13.4. The van der Waals surface area contributed by atoms with E-state index in [1.807, 2.05) is 0 Å². The summed E-state index contributed by atoms with van der Waals surface area (Å²) in [6.45, 7) is 4.40. The van der Waals surface area contributed by atoms with E-state index in [0.29, 0.717) is 11.8 Å². The number of hydrogen-bond acceptors (Lipinski definition) is 2. The average molecular weight is 379 g/mol. The zero-order valence-electron chi connectivity index (χ0n) is 15.5. The highest BCUT2D eigenvalue weighted by Gasteiger charge is 2.27. The molecular formula is C20H24F3N3O. The fraction of sp³-hybridized carbons (Fsp3) is 0.500. The van der Waals surface area contributed by atoms with Gasteiger partial charge in [-0.05, 0) is 55.7 Å². The lowest BCUT2D eigenvalue weighted by atomic mass is 9.80. The Balaban J connectivity index is 1.77. The second-order valence-electron chi connectivity index (χ2n) is 7.49. The smallest absolute Gasteiger partial charge is 0.284 e. The van der Waals surface area contributed by atoms with Crippen LogP contribution in [0, 0.1) is 17.7 Å². The van der Waals surface area contributed by atoms with Crippen LogP contribution in [0.1, 0.15) is 68.0 Å². The SMILES string of the molecule is CC(C)[C@H]1CC[C@H](n2cc(NC(=O)c3cccc(F)c3)c(C(F)F)n2)CC1. The standard InChI is InChI=1S/C20H24F3N3O/c1-12(2)13-6-8-16(9-7-13)26-11-17(18(25-26)19(22)23)24-20(27)14-4-3-5-15(21)10-14/h3-5,10-13,16,19H,6-9H2,1-2H3,(H,24,27)/t13-,16-. The molecule has 0 radical (unpaired) electrons. The maximum Gasteiger partial charge on any atom is 0.284 e. The summed E-state index contributed by atoms with van der Waals surface area (Å²) in [7, 11) is 0. The zero-order valence-corrected chi connectivity index (χ0v) is 15.5. The van der Waals surface area contributed by atoms with Crippen molar-refractivity contribution in [2.24, 2.45) is 11.8 Å². The van der Waals surface area contributed by atoms with Crippen molar-refractivity contribution < 1.29 is 18.0 Å². The van der Waals surface area contributed by atoms with Crippen LogP contribution >= 0.6 is 0 Å². The number of alkyl halides is 2. The number of anilines is 1. The number of aromatic nitrogens is 2. The van der Waals surface area contributed by atoms with Crippen LogP contribution < -0.4 is 5.32 Å². The first kappa shape index (κ1) is 19.5. The number of nitrogens with zero attached hydrogens (tertiary/aromatic N) is 2. The summed E-state index contributed by atoms with van der Waals surface area (Å²) in [6, 6.07) is 5.16. The number of nitrogens with one attached hydrogen (secondary N) is 1. The van der Waals surface area contributed by atoms with Crippen LogP contribution in [0.25, 0.3) is 0 Å². The molecule has 1 saturated carbocycles. The molecule has 0 spiro atoms. The van der Waals surface area contributed by atoms with E-state index in [1.54, 1.807) is 4.68 Å². The average Bonchev–Trinajstić information content (AvgIpc) is 3.06. The minimum absolute atomic E-state index is 0.0229. The molecule has 27 heavy (non-hydrogen) atoms. The number of halogens is 3. The molecule has 0 unspecified atom stereocenters. The summed E-state index contributed by atoms with van der Waals surface area (Å²) in [5.41, 5.74) is -0.406. The van der Waals surface area contributed by atoms with Crippen LogP contribution in [0.2, 0.25) is 0 Å². The molecule has 1 aromatic carbocycles. The second kappa shape index (κ2) is 8.15. The highest BCUT2D eigenvalue weighted by molar-refractivity contribution is 6.04. The van der Waals surface area contributed by atoms with Gasteiger partial charge in [0.1, 0.15) is 5.82 Å². The Bertz CT molecular complexity index is 796. The molecule has 1 amide bonds. The predicted molar refractivity (Wildman–Crippen MR) is 97.4 cm³/mol. The van der Waals surface area contributed by atoms with Crippen molar-refractivity contribution in [3.05, 3.63) is 47.5 Å². The largest absolute Gasteiger partial charge is 0.319 e. The van der Waals surface area contributed by atoms with E-state index in [9.17, 15) is 18.0 Å². The van der Waals surface area contributed by atoms with Gasteiger partial charge in [0.2, 0.25) is 0 Å². The van der Waals surface area contributed by atoms with E-state index in [-0.39, 0.29) is 17.3 Å². The van der Waals surface area contributed by atoms with Crippen molar-refractivity contribution in [2.45, 2.75) is 52.0 Å². The summed E-state index contributed by atoms with van der Waals surface area (Å²) < 4.78 is 41.7. The molecule has 0 bridgehead atoms. The molecule has 1 N–H and O–H groups in total. The molecule has 1 aromatic heterocycles. The lowest BCUT2D eigenvalue weighted by Gasteiger charge is -2.30. The van der Waals surface area contributed by atoms with Gasteiger partial charge in [0, 0.05) is 11.8 Å². The molecule has 0 aliphatic heterocycles. The number of carbonyl (C=O) groups is 1. The van der Waals surface area contributed by atoms with Gasteiger partial charge >= 0.3 is 0 Å². The number of carbonyl (C=O) groups excluding carboxylic acids is 1. The third-order valence-corrected chi connectivity index (χ3v) is 5.36. The molecule has 1 aliphatic rings. The molecule has 3 rings (SSSR count). The van der Waals surface area contributed by atoms with E-state index in [4.69, 9.17) is 0 Å². The van der Waals surface area contributed by atoms with E-state index in [0.717, 1.165) is 31.7 Å². The van der Waals surface area contributed by atoms with Gasteiger partial charge in [-0.3, -0.25) is 9.48 Å². The van der Waals surface area contributed by atoms with Gasteiger partial charge in [-0.1, -0.05) is 19.9 Å². The van der Waals surface area contributed by atoms with Gasteiger partial charge in [0.05, 0.1) is 11.7 Å². The van der Waals surface area contributed by atoms with Crippen molar-refractivity contribution in [3.63, 3.8) is 0 Å². The highest BCUT2D eigenvalue weighted by atomic mass is 19.3. The van der Waals surface area contributed by atoms with Crippen molar-refractivity contribution >= 4 is 11.6 Å². The Kier molecular flexibility index (Phi) is 5.87. The normalized spacial score (nSPS) is 20.3. The summed E-state index contributed by atoms with van der Waals surface area (Å²) in [4.78, 5) is 12.3. The monoisotopic (exact) mass is 379 g/mol. The first-order chi connectivity index (χ1) is 12.8. The fourth-order valence-electron chi connectivity index (χ4n) is 3.71. The number of rotatable bonds is 5. The highest BCUT2D eigenvalue weighted by Crippen LogP contribution is 2.37. The third-order valence-electron chi connectivity index (χ3n) is 5.36. The van der Waals surface area contributed by atoms with Crippen LogP contribution in [0.3, 0.4) is 0 Å². The molecule has 7 heteroatoms. The van der Waals surface area contributed by atoms with E-state index in [2.05, 4.69) is 24.3 Å². The Morgan fingerprint density at radius 2 is 1.93 bits per heavy atom. The van der Waals surface area contributed by atoms with Gasteiger partial charge < -0.3 is 5.32 Å². The van der Waals surface area contributed by atoms with Crippen molar-refractivity contribution in [1.29, 1.82) is 0 Å². The molecule has 1 heterocycles. The predicted octanol–water partition coefficient (Wildman–Crippen LogP) is 5.60. The molecule has 1 fully saturated rings. The van der Waals surface area contributed by atoms with Crippen LogP contribution in [-0.4, -0.2) is 15.7 Å². The van der Waals surface area contributed by atoms with Crippen LogP contribution in [0.4, 0.5) is 18.9 Å². The summed E-state index contributed by atoms with van der Waals surface area (Å²) in [5.74, 6) is 0.0636. The van der Waals surface area contributed by atoms with Crippen molar-refractivity contribution in [2.75, 3.05) is 5.32 Å². The molecule has 146 valence electrons. The van der Waals surface area contributed by atoms with E-state index < -0.39 is 23.8 Å². The Morgan fingerprint density at radius 3 is 2.52 bits per heavy atom. The summed E-state index contributed by atoms with van der Waals surface area (Å²) >= 11 is 0. The Labute approximate surface area is 156 Å². The van der Waals surface area contributed by atoms with E-state index in [1.165, 1.54) is 24.4 Å². The molecule has 2 aromatic rings. The van der Waals surface area contributed by atoms with Crippen LogP contribution in [0.5, 0.6) is 0 Å². The quantitative estimate of drug-likeness (QED) is 0.735. The van der Waals surface area contributed by atoms with Gasteiger partial charge in [0.15, 0.2) is 5.69 Å². The second-order valence-corrected chi connectivity index (χ2v) is 7.49. The number of hydrogen-bond donors (Lipinski definition) is 1. The number of benzene rings is 1. The summed E-state index contributed by atoms with van der Waals surface area (Å²) in [5, 5.41) is 6.50. The Hall–Kier alpha value is -2.31. The maximum absolute atomic E-state index is 13.4.